The Morgan fingerprint density at radius 3 is 2.88 bits per heavy atom. The Balaban J connectivity index is 2.04. The van der Waals surface area contributed by atoms with Crippen LogP contribution in [0.3, 0.4) is 0 Å². The van der Waals surface area contributed by atoms with Crippen LogP contribution in [0.15, 0.2) is 24.3 Å². The van der Waals surface area contributed by atoms with Crippen LogP contribution >= 0.6 is 0 Å². The first-order valence-electron chi connectivity index (χ1n) is 8.70. The van der Waals surface area contributed by atoms with Crippen molar-refractivity contribution in [1.29, 1.82) is 0 Å². The molecule has 2 saturated carbocycles. The van der Waals surface area contributed by atoms with Gasteiger partial charge in [0.05, 0.1) is 12.0 Å². The Hall–Kier alpha value is -1.62. The molecule has 24 heavy (non-hydrogen) atoms. The largest absolute Gasteiger partial charge is 0.458 e. The van der Waals surface area contributed by atoms with E-state index >= 15 is 0 Å². The van der Waals surface area contributed by atoms with Crippen molar-refractivity contribution in [1.82, 2.24) is 0 Å². The molecule has 5 heteroatoms. The minimum absolute atomic E-state index is 0.0120. The van der Waals surface area contributed by atoms with E-state index in [1.165, 1.54) is 6.08 Å². The molecule has 5 nitrogen and oxygen atoms in total. The molecule has 3 rings (SSSR count). The number of rotatable bonds is 2. The molecule has 1 N–H and O–H groups in total. The molecular formula is C19H26O5. The number of carbonyl (C=O) groups is 2. The molecule has 7 atom stereocenters. The fourth-order valence-corrected chi connectivity index (χ4v) is 5.26. The number of hydrogen-bond donors (Lipinski definition) is 1. The van der Waals surface area contributed by atoms with Gasteiger partial charge in [-0.25, -0.2) is 9.59 Å². The van der Waals surface area contributed by atoms with E-state index in [1.54, 1.807) is 13.0 Å². The van der Waals surface area contributed by atoms with Crippen LogP contribution in [0.5, 0.6) is 0 Å². The summed E-state index contributed by atoms with van der Waals surface area (Å²) in [4.78, 5) is 24.2. The summed E-state index contributed by atoms with van der Waals surface area (Å²) in [7, 11) is 0. The van der Waals surface area contributed by atoms with Crippen molar-refractivity contribution in [3.05, 3.63) is 24.3 Å². The van der Waals surface area contributed by atoms with Gasteiger partial charge in [0.1, 0.15) is 12.2 Å². The van der Waals surface area contributed by atoms with E-state index in [0.29, 0.717) is 18.4 Å². The first kappa shape index (κ1) is 17.2. The summed E-state index contributed by atoms with van der Waals surface area (Å²) in [6.45, 7) is 9.81. The third-order valence-corrected chi connectivity index (χ3v) is 6.22. The second-order valence-electron chi connectivity index (χ2n) is 7.70. The molecule has 2 aliphatic carbocycles. The van der Waals surface area contributed by atoms with E-state index in [0.717, 1.165) is 6.42 Å². The lowest BCUT2D eigenvalue weighted by atomic mass is 9.68. The summed E-state index contributed by atoms with van der Waals surface area (Å²) in [5.41, 5.74) is -0.0133. The van der Waals surface area contributed by atoms with Gasteiger partial charge in [-0.1, -0.05) is 26.5 Å². The molecule has 3 fully saturated rings. The van der Waals surface area contributed by atoms with E-state index in [9.17, 15) is 14.7 Å². The summed E-state index contributed by atoms with van der Waals surface area (Å²) in [5.74, 6) is -0.981. The average Bonchev–Trinajstić information content (AvgIpc) is 2.92. The second kappa shape index (κ2) is 6.03. The first-order chi connectivity index (χ1) is 11.3. The van der Waals surface area contributed by atoms with Crippen LogP contribution in [-0.2, 0) is 19.1 Å². The lowest BCUT2D eigenvalue weighted by Crippen LogP contribution is -2.46. The van der Waals surface area contributed by atoms with Crippen molar-refractivity contribution in [2.24, 2.45) is 23.2 Å². The smallest absolute Gasteiger partial charge is 0.334 e. The number of carbonyl (C=O) groups excluding carboxylic acids is 2. The zero-order chi connectivity index (χ0) is 17.6. The molecule has 0 spiro atoms. The van der Waals surface area contributed by atoms with Gasteiger partial charge in [-0.2, -0.15) is 0 Å². The molecule has 0 aromatic rings. The lowest BCUT2D eigenvalue weighted by Gasteiger charge is -2.41. The van der Waals surface area contributed by atoms with Gasteiger partial charge in [-0.15, -0.1) is 0 Å². The SMILES string of the molecule is C=C1C(=O)O[C@H]2C[C@@H](C)[C@H]3[C@@H](O)CC[C@@]3(C)[C@@H](OC(=O)C=CC)[C@@H]12. The van der Waals surface area contributed by atoms with Gasteiger partial charge in [0.15, 0.2) is 0 Å². The second-order valence-corrected chi connectivity index (χ2v) is 7.70. The number of aliphatic hydroxyl groups excluding tert-OH is 1. The number of hydrogen-bond acceptors (Lipinski definition) is 5. The molecule has 0 aromatic heterocycles. The topological polar surface area (TPSA) is 72.8 Å². The zero-order valence-corrected chi connectivity index (χ0v) is 14.5. The molecule has 0 aromatic carbocycles. The standard InChI is InChI=1S/C19H26O5/c1-5-6-14(21)24-17-15-11(3)18(22)23-13(15)9-10(2)16-12(20)7-8-19(16,17)4/h5-6,10,12-13,15-17,20H,3,7-9H2,1-2,4H3/t10-,12+,13+,15+,16+,17+,19-/m1/s1. The zero-order valence-electron chi connectivity index (χ0n) is 14.5. The van der Waals surface area contributed by atoms with Gasteiger partial charge in [0.2, 0.25) is 0 Å². The van der Waals surface area contributed by atoms with Crippen molar-refractivity contribution in [3.8, 4) is 0 Å². The highest BCUT2D eigenvalue weighted by Crippen LogP contribution is 2.57. The Bertz CT molecular complexity index is 595. The molecule has 1 saturated heterocycles. The van der Waals surface area contributed by atoms with Crippen LogP contribution in [-0.4, -0.2) is 35.4 Å². The molecule has 1 aliphatic heterocycles. The van der Waals surface area contributed by atoms with E-state index in [4.69, 9.17) is 9.47 Å². The number of fused-ring (bicyclic) bond motifs is 2. The third kappa shape index (κ3) is 2.50. The number of ether oxygens (including phenoxy) is 2. The highest BCUT2D eigenvalue weighted by molar-refractivity contribution is 5.91. The van der Waals surface area contributed by atoms with Gasteiger partial charge in [0.25, 0.3) is 0 Å². The van der Waals surface area contributed by atoms with Crippen LogP contribution in [0, 0.1) is 23.2 Å². The Morgan fingerprint density at radius 2 is 2.21 bits per heavy atom. The fourth-order valence-electron chi connectivity index (χ4n) is 5.26. The maximum absolute atomic E-state index is 12.2. The third-order valence-electron chi connectivity index (χ3n) is 6.22. The number of esters is 2. The maximum Gasteiger partial charge on any atom is 0.334 e. The molecule has 0 amide bonds. The Kier molecular flexibility index (Phi) is 4.32. The predicted molar refractivity (Wildman–Crippen MR) is 87.8 cm³/mol. The van der Waals surface area contributed by atoms with E-state index in [1.807, 2.05) is 0 Å². The minimum atomic E-state index is -0.516. The Labute approximate surface area is 142 Å². The van der Waals surface area contributed by atoms with E-state index in [-0.39, 0.29) is 23.9 Å². The van der Waals surface area contributed by atoms with Crippen molar-refractivity contribution in [2.45, 2.75) is 58.3 Å². The molecule has 132 valence electrons. The van der Waals surface area contributed by atoms with Gasteiger partial charge in [-0.3, -0.25) is 0 Å². The van der Waals surface area contributed by atoms with Gasteiger partial charge >= 0.3 is 11.9 Å². The summed E-state index contributed by atoms with van der Waals surface area (Å²) in [5, 5.41) is 10.5. The van der Waals surface area contributed by atoms with Crippen molar-refractivity contribution >= 4 is 11.9 Å². The summed E-state index contributed by atoms with van der Waals surface area (Å²) in [6.07, 6.45) is 3.83. The number of allylic oxidation sites excluding steroid dienone is 1. The highest BCUT2D eigenvalue weighted by atomic mass is 16.6. The minimum Gasteiger partial charge on any atom is -0.458 e. The quantitative estimate of drug-likeness (QED) is 0.620. The lowest BCUT2D eigenvalue weighted by molar-refractivity contribution is -0.157. The molecule has 0 radical (unpaired) electrons. The average molecular weight is 334 g/mol. The Morgan fingerprint density at radius 1 is 1.50 bits per heavy atom. The summed E-state index contributed by atoms with van der Waals surface area (Å²) < 4.78 is 11.3. The molecule has 1 heterocycles. The number of aliphatic hydroxyl groups is 1. The molecular weight excluding hydrogens is 308 g/mol. The van der Waals surface area contributed by atoms with Crippen LogP contribution < -0.4 is 0 Å². The maximum atomic E-state index is 12.2. The van der Waals surface area contributed by atoms with E-state index < -0.39 is 29.6 Å². The summed E-state index contributed by atoms with van der Waals surface area (Å²) >= 11 is 0. The molecule has 0 unspecified atom stereocenters. The van der Waals surface area contributed by atoms with Gasteiger partial charge < -0.3 is 14.6 Å². The normalized spacial score (nSPS) is 44.8. The van der Waals surface area contributed by atoms with Crippen LogP contribution in [0.1, 0.15) is 40.0 Å². The highest BCUT2D eigenvalue weighted by Gasteiger charge is 2.61. The van der Waals surface area contributed by atoms with Crippen LogP contribution in [0.4, 0.5) is 0 Å². The molecule has 0 bridgehead atoms. The van der Waals surface area contributed by atoms with Crippen molar-refractivity contribution in [3.63, 3.8) is 0 Å². The van der Waals surface area contributed by atoms with Gasteiger partial charge in [-0.05, 0) is 38.0 Å². The van der Waals surface area contributed by atoms with Crippen LogP contribution in [0.2, 0.25) is 0 Å². The predicted octanol–water partition coefficient (Wildman–Crippen LogP) is 2.39. The van der Waals surface area contributed by atoms with Gasteiger partial charge in [0, 0.05) is 17.1 Å². The fraction of sp³-hybridized carbons (Fsp3) is 0.684. The monoisotopic (exact) mass is 334 g/mol. The van der Waals surface area contributed by atoms with E-state index in [2.05, 4.69) is 20.4 Å². The molecule has 3 aliphatic rings. The van der Waals surface area contributed by atoms with Crippen molar-refractivity contribution < 1.29 is 24.2 Å². The first-order valence-corrected chi connectivity index (χ1v) is 8.70. The summed E-state index contributed by atoms with van der Waals surface area (Å²) in [6, 6.07) is 0. The van der Waals surface area contributed by atoms with Crippen LogP contribution in [0.25, 0.3) is 0 Å². The van der Waals surface area contributed by atoms with Crippen molar-refractivity contribution in [2.75, 3.05) is 0 Å².